The summed E-state index contributed by atoms with van der Waals surface area (Å²) in [4.78, 5) is 18.2. The third kappa shape index (κ3) is 3.92. The largest absolute Gasteiger partial charge is 0.351 e. The molecule has 1 amide bonds. The number of amides is 1. The smallest absolute Gasteiger partial charge is 0.234 e. The van der Waals surface area contributed by atoms with Crippen molar-refractivity contribution >= 4 is 5.91 Å². The van der Waals surface area contributed by atoms with Gasteiger partial charge in [0.2, 0.25) is 5.91 Å². The van der Waals surface area contributed by atoms with Crippen LogP contribution in [-0.2, 0) is 11.3 Å². The summed E-state index contributed by atoms with van der Waals surface area (Å²) in [7, 11) is 0. The minimum atomic E-state index is 0.0862. The average molecular weight is 299 g/mol. The molecule has 0 spiro atoms. The van der Waals surface area contributed by atoms with Crippen LogP contribution in [0.5, 0.6) is 0 Å². The Kier molecular flexibility index (Phi) is 4.80. The Balaban J connectivity index is 1.40. The Hall–Kier alpha value is -2.21. The van der Waals surface area contributed by atoms with E-state index in [0.29, 0.717) is 19.1 Å². The van der Waals surface area contributed by atoms with Gasteiger partial charge in [0.05, 0.1) is 12.6 Å². The molecule has 0 saturated carbocycles. The number of hydrogen-bond acceptors (Lipinski definition) is 4. The normalized spacial score (nSPS) is 16.5. The first-order valence-electron chi connectivity index (χ1n) is 7.68. The second-order valence-electron chi connectivity index (χ2n) is 5.65. The molecule has 1 aliphatic rings. The van der Waals surface area contributed by atoms with Crippen molar-refractivity contribution in [3.63, 3.8) is 0 Å². The van der Waals surface area contributed by atoms with E-state index in [0.717, 1.165) is 31.5 Å². The van der Waals surface area contributed by atoms with Crippen LogP contribution in [0.4, 0.5) is 0 Å². The van der Waals surface area contributed by atoms with Crippen molar-refractivity contribution in [2.24, 2.45) is 0 Å². The van der Waals surface area contributed by atoms with Gasteiger partial charge in [0.15, 0.2) is 0 Å². The zero-order valence-corrected chi connectivity index (χ0v) is 12.6. The fourth-order valence-corrected chi connectivity index (χ4v) is 2.80. The highest BCUT2D eigenvalue weighted by Gasteiger charge is 2.22. The number of rotatable bonds is 5. The van der Waals surface area contributed by atoms with Crippen LogP contribution in [0.15, 0.2) is 43.0 Å². The van der Waals surface area contributed by atoms with Crippen molar-refractivity contribution in [3.05, 3.63) is 48.5 Å². The van der Waals surface area contributed by atoms with Gasteiger partial charge < -0.3 is 5.32 Å². The van der Waals surface area contributed by atoms with Gasteiger partial charge in [-0.05, 0) is 18.4 Å². The fourth-order valence-electron chi connectivity index (χ4n) is 2.80. The molecule has 3 rings (SSSR count). The van der Waals surface area contributed by atoms with Crippen LogP contribution in [0.25, 0.3) is 0 Å². The second-order valence-corrected chi connectivity index (χ2v) is 5.65. The first-order valence-corrected chi connectivity index (χ1v) is 7.68. The molecule has 2 aromatic rings. The van der Waals surface area contributed by atoms with Gasteiger partial charge in [-0.15, -0.1) is 0 Å². The van der Waals surface area contributed by atoms with Crippen LogP contribution in [0.2, 0.25) is 0 Å². The van der Waals surface area contributed by atoms with Gasteiger partial charge in [0, 0.05) is 19.6 Å². The number of nitrogens with zero attached hydrogens (tertiary/aromatic N) is 4. The van der Waals surface area contributed by atoms with Crippen molar-refractivity contribution in [1.82, 2.24) is 25.0 Å². The lowest BCUT2D eigenvalue weighted by atomic mass is 10.1. The van der Waals surface area contributed by atoms with Crippen LogP contribution in [0, 0.1) is 0 Å². The second kappa shape index (κ2) is 7.17. The molecule has 1 aromatic heterocycles. The van der Waals surface area contributed by atoms with Gasteiger partial charge in [-0.25, -0.2) is 9.67 Å². The summed E-state index contributed by atoms with van der Waals surface area (Å²) in [6, 6.07) is 10.4. The van der Waals surface area contributed by atoms with Crippen LogP contribution in [-0.4, -0.2) is 45.2 Å². The molecular weight excluding hydrogens is 278 g/mol. The lowest BCUT2D eigenvalue weighted by Gasteiger charge is -2.31. The van der Waals surface area contributed by atoms with Gasteiger partial charge in [0.25, 0.3) is 0 Å². The first kappa shape index (κ1) is 14.7. The van der Waals surface area contributed by atoms with Gasteiger partial charge in [-0.3, -0.25) is 9.69 Å². The summed E-state index contributed by atoms with van der Waals surface area (Å²) in [5, 5.41) is 7.17. The molecule has 1 aromatic carbocycles. The number of carbonyl (C=O) groups is 1. The maximum atomic E-state index is 12.0. The fraction of sp³-hybridized carbons (Fsp3) is 0.438. The molecular formula is C16H21N5O. The Bertz CT molecular complexity index is 576. The van der Waals surface area contributed by atoms with E-state index in [1.165, 1.54) is 0 Å². The van der Waals surface area contributed by atoms with E-state index in [9.17, 15) is 4.79 Å². The van der Waals surface area contributed by atoms with Crippen LogP contribution in [0.3, 0.4) is 0 Å². The molecule has 0 atom stereocenters. The van der Waals surface area contributed by atoms with Crippen LogP contribution < -0.4 is 5.32 Å². The van der Waals surface area contributed by atoms with Crippen molar-refractivity contribution in [3.8, 4) is 0 Å². The van der Waals surface area contributed by atoms with Crippen molar-refractivity contribution < 1.29 is 4.79 Å². The Morgan fingerprint density at radius 3 is 2.68 bits per heavy atom. The van der Waals surface area contributed by atoms with Crippen molar-refractivity contribution in [1.29, 1.82) is 0 Å². The standard InChI is InChI=1S/C16H21N5O/c22-16(18-10-14-4-2-1-3-5-14)11-20-8-6-15(7-9-20)21-13-17-12-19-21/h1-5,12-13,15H,6-11H2,(H,18,22). The van der Waals surface area contributed by atoms with E-state index >= 15 is 0 Å². The number of piperidine rings is 1. The summed E-state index contributed by atoms with van der Waals surface area (Å²) < 4.78 is 1.92. The first-order chi connectivity index (χ1) is 10.8. The number of likely N-dealkylation sites (tertiary alicyclic amines) is 1. The third-order valence-corrected chi connectivity index (χ3v) is 4.07. The molecule has 0 aliphatic carbocycles. The van der Waals surface area contributed by atoms with E-state index in [-0.39, 0.29) is 5.91 Å². The molecule has 0 bridgehead atoms. The molecule has 22 heavy (non-hydrogen) atoms. The number of nitrogens with one attached hydrogen (secondary N) is 1. The molecule has 0 radical (unpaired) electrons. The summed E-state index contributed by atoms with van der Waals surface area (Å²) in [5.74, 6) is 0.0862. The number of hydrogen-bond donors (Lipinski definition) is 1. The van der Waals surface area contributed by atoms with Crippen molar-refractivity contribution in [2.45, 2.75) is 25.4 Å². The van der Waals surface area contributed by atoms with E-state index in [2.05, 4.69) is 20.3 Å². The summed E-state index contributed by atoms with van der Waals surface area (Å²) in [6.07, 6.45) is 5.36. The summed E-state index contributed by atoms with van der Waals surface area (Å²) in [5.41, 5.74) is 1.13. The topological polar surface area (TPSA) is 63.1 Å². The lowest BCUT2D eigenvalue weighted by Crippen LogP contribution is -2.41. The monoisotopic (exact) mass is 299 g/mol. The maximum Gasteiger partial charge on any atom is 0.234 e. The van der Waals surface area contributed by atoms with Gasteiger partial charge in [-0.2, -0.15) is 5.10 Å². The average Bonchev–Trinajstić information content (AvgIpc) is 3.09. The molecule has 1 fully saturated rings. The Morgan fingerprint density at radius 1 is 1.23 bits per heavy atom. The molecule has 1 aliphatic heterocycles. The predicted octanol–water partition coefficient (Wildman–Crippen LogP) is 1.23. The third-order valence-electron chi connectivity index (χ3n) is 4.07. The highest BCUT2D eigenvalue weighted by molar-refractivity contribution is 5.78. The number of carbonyl (C=O) groups excluding carboxylic acids is 1. The van der Waals surface area contributed by atoms with Crippen LogP contribution in [0.1, 0.15) is 24.4 Å². The molecule has 1 N–H and O–H groups in total. The maximum absolute atomic E-state index is 12.0. The number of aromatic nitrogens is 3. The summed E-state index contributed by atoms with van der Waals surface area (Å²) in [6.45, 7) is 2.90. The Labute approximate surface area is 130 Å². The van der Waals surface area contributed by atoms with Crippen molar-refractivity contribution in [2.75, 3.05) is 19.6 Å². The van der Waals surface area contributed by atoms with E-state index in [1.54, 1.807) is 12.7 Å². The zero-order valence-electron chi connectivity index (χ0n) is 12.6. The van der Waals surface area contributed by atoms with Crippen LogP contribution >= 0.6 is 0 Å². The van der Waals surface area contributed by atoms with E-state index in [1.807, 2.05) is 35.0 Å². The van der Waals surface area contributed by atoms with E-state index in [4.69, 9.17) is 0 Å². The minimum absolute atomic E-state index is 0.0862. The van der Waals surface area contributed by atoms with Gasteiger partial charge >= 0.3 is 0 Å². The van der Waals surface area contributed by atoms with E-state index < -0.39 is 0 Å². The molecule has 1 saturated heterocycles. The van der Waals surface area contributed by atoms with Gasteiger partial charge in [-0.1, -0.05) is 30.3 Å². The molecule has 6 heteroatoms. The molecule has 2 heterocycles. The summed E-state index contributed by atoms with van der Waals surface area (Å²) >= 11 is 0. The highest BCUT2D eigenvalue weighted by Crippen LogP contribution is 2.20. The molecule has 116 valence electrons. The number of benzene rings is 1. The minimum Gasteiger partial charge on any atom is -0.351 e. The zero-order chi connectivity index (χ0) is 15.2. The lowest BCUT2D eigenvalue weighted by molar-refractivity contribution is -0.122. The molecule has 0 unspecified atom stereocenters. The SMILES string of the molecule is O=C(CN1CCC(n2cncn2)CC1)NCc1ccccc1. The molecule has 6 nitrogen and oxygen atoms in total. The van der Waals surface area contributed by atoms with Gasteiger partial charge in [0.1, 0.15) is 12.7 Å². The predicted molar refractivity (Wildman–Crippen MR) is 83.0 cm³/mol. The highest BCUT2D eigenvalue weighted by atomic mass is 16.2. The Morgan fingerprint density at radius 2 is 2.00 bits per heavy atom. The quantitative estimate of drug-likeness (QED) is 0.902.